The van der Waals surface area contributed by atoms with E-state index >= 15 is 0 Å². The van der Waals surface area contributed by atoms with Gasteiger partial charge in [0.05, 0.1) is 11.9 Å². The zero-order chi connectivity index (χ0) is 10.7. The number of aliphatic carboxylic acids is 1. The normalized spacial score (nSPS) is 12.1. The summed E-state index contributed by atoms with van der Waals surface area (Å²) in [5.41, 5.74) is 5.32. The smallest absolute Gasteiger partial charge is 0.344 e. The summed E-state index contributed by atoms with van der Waals surface area (Å²) in [4.78, 5) is 13.9. The van der Waals surface area contributed by atoms with E-state index in [0.717, 1.165) is 12.3 Å². The molecule has 1 heterocycles. The van der Waals surface area contributed by atoms with Crippen molar-refractivity contribution in [1.82, 2.24) is 4.98 Å². The van der Waals surface area contributed by atoms with Gasteiger partial charge in [0, 0.05) is 6.07 Å². The number of aromatic nitrogens is 1. The van der Waals surface area contributed by atoms with Gasteiger partial charge in [0.15, 0.2) is 6.10 Å². The van der Waals surface area contributed by atoms with Crippen molar-refractivity contribution in [2.24, 2.45) is 0 Å². The minimum Gasteiger partial charge on any atom is -0.479 e. The van der Waals surface area contributed by atoms with E-state index in [2.05, 4.69) is 4.98 Å². The quantitative estimate of drug-likeness (QED) is 0.748. The number of nitrogens with zero attached hydrogens (tertiary/aromatic N) is 1. The van der Waals surface area contributed by atoms with E-state index < -0.39 is 17.9 Å². The minimum absolute atomic E-state index is 0.0295. The summed E-state index contributed by atoms with van der Waals surface area (Å²) in [6.45, 7) is 1.33. The highest BCUT2D eigenvalue weighted by molar-refractivity contribution is 5.72. The van der Waals surface area contributed by atoms with Gasteiger partial charge in [-0.15, -0.1) is 0 Å². The summed E-state index contributed by atoms with van der Waals surface area (Å²) in [6.07, 6.45) is -0.171. The van der Waals surface area contributed by atoms with Crippen molar-refractivity contribution in [3.8, 4) is 5.88 Å². The first-order valence-electron chi connectivity index (χ1n) is 3.81. The molecule has 0 aliphatic heterocycles. The molecule has 0 saturated heterocycles. The number of carbonyl (C=O) groups is 1. The van der Waals surface area contributed by atoms with Gasteiger partial charge in [0.25, 0.3) is 0 Å². The van der Waals surface area contributed by atoms with Crippen molar-refractivity contribution in [3.63, 3.8) is 0 Å². The molecule has 0 aliphatic carbocycles. The average molecular weight is 200 g/mol. The fraction of sp³-hybridized carbons (Fsp3) is 0.250. The number of carboxylic acid groups (broad SMARTS) is 1. The van der Waals surface area contributed by atoms with E-state index in [4.69, 9.17) is 15.6 Å². The van der Waals surface area contributed by atoms with Gasteiger partial charge >= 0.3 is 5.97 Å². The Kier molecular flexibility index (Phi) is 2.85. The van der Waals surface area contributed by atoms with Gasteiger partial charge in [0.1, 0.15) is 5.82 Å². The maximum Gasteiger partial charge on any atom is 0.344 e. The molecule has 1 atom stereocenters. The van der Waals surface area contributed by atoms with Crippen LogP contribution in [0.4, 0.5) is 10.1 Å². The molecule has 0 radical (unpaired) electrons. The van der Waals surface area contributed by atoms with Crippen LogP contribution in [-0.2, 0) is 4.79 Å². The van der Waals surface area contributed by atoms with E-state index in [1.165, 1.54) is 6.92 Å². The van der Waals surface area contributed by atoms with Crippen molar-refractivity contribution in [2.75, 3.05) is 5.73 Å². The first-order chi connectivity index (χ1) is 6.50. The molecule has 1 aromatic rings. The molecule has 76 valence electrons. The fourth-order valence-corrected chi connectivity index (χ4v) is 0.759. The van der Waals surface area contributed by atoms with Crippen molar-refractivity contribution in [3.05, 3.63) is 18.1 Å². The molecule has 0 amide bonds. The molecule has 0 bridgehead atoms. The molecule has 0 unspecified atom stereocenters. The topological polar surface area (TPSA) is 85.4 Å². The van der Waals surface area contributed by atoms with Gasteiger partial charge in [-0.1, -0.05) is 0 Å². The Morgan fingerprint density at radius 2 is 2.43 bits per heavy atom. The Morgan fingerprint density at radius 3 is 2.93 bits per heavy atom. The van der Waals surface area contributed by atoms with Gasteiger partial charge in [-0.25, -0.2) is 14.2 Å². The van der Waals surface area contributed by atoms with Crippen LogP contribution in [0.15, 0.2) is 12.3 Å². The molecule has 6 heteroatoms. The molecule has 0 aliphatic rings. The number of nitrogen functional groups attached to an aromatic ring is 1. The Bertz CT molecular complexity index is 356. The molecule has 14 heavy (non-hydrogen) atoms. The maximum absolute atomic E-state index is 12.5. The number of hydrogen-bond acceptors (Lipinski definition) is 4. The van der Waals surface area contributed by atoms with Gasteiger partial charge in [-0.05, 0) is 6.92 Å². The third kappa shape index (κ3) is 2.32. The number of anilines is 1. The van der Waals surface area contributed by atoms with Crippen LogP contribution in [0, 0.1) is 5.82 Å². The van der Waals surface area contributed by atoms with Gasteiger partial charge in [-0.3, -0.25) is 0 Å². The van der Waals surface area contributed by atoms with Crippen LogP contribution in [0.3, 0.4) is 0 Å². The maximum atomic E-state index is 12.5. The summed E-state index contributed by atoms with van der Waals surface area (Å²) < 4.78 is 17.4. The fourth-order valence-electron chi connectivity index (χ4n) is 0.759. The van der Waals surface area contributed by atoms with E-state index in [9.17, 15) is 9.18 Å². The number of carboxylic acids is 1. The van der Waals surface area contributed by atoms with Crippen LogP contribution < -0.4 is 10.5 Å². The van der Waals surface area contributed by atoms with Gasteiger partial charge < -0.3 is 15.6 Å². The molecule has 1 rings (SSSR count). The Morgan fingerprint density at radius 1 is 1.79 bits per heavy atom. The summed E-state index contributed by atoms with van der Waals surface area (Å²) >= 11 is 0. The Balaban J connectivity index is 2.82. The monoisotopic (exact) mass is 200 g/mol. The predicted molar refractivity (Wildman–Crippen MR) is 46.3 cm³/mol. The first kappa shape index (κ1) is 10.2. The Labute approximate surface area is 79.3 Å². The summed E-state index contributed by atoms with van der Waals surface area (Å²) in [7, 11) is 0. The molecular weight excluding hydrogens is 191 g/mol. The van der Waals surface area contributed by atoms with Crippen LogP contribution >= 0.6 is 0 Å². The number of nitrogens with two attached hydrogens (primary N) is 1. The van der Waals surface area contributed by atoms with Crippen LogP contribution in [-0.4, -0.2) is 22.2 Å². The first-order valence-corrected chi connectivity index (χ1v) is 3.81. The van der Waals surface area contributed by atoms with E-state index in [1.807, 2.05) is 0 Å². The molecular formula is C8H9FN2O3. The largest absolute Gasteiger partial charge is 0.479 e. The summed E-state index contributed by atoms with van der Waals surface area (Å²) in [5.74, 6) is -1.82. The predicted octanol–water partition coefficient (Wildman–Crippen LogP) is 0.655. The molecule has 0 aromatic carbocycles. The SMILES string of the molecule is C[C@H](Oc1ncc(F)cc1N)C(=O)O. The highest BCUT2D eigenvalue weighted by Crippen LogP contribution is 2.19. The Hall–Kier alpha value is -1.85. The highest BCUT2D eigenvalue weighted by Gasteiger charge is 2.15. The number of ether oxygens (including phenoxy) is 1. The third-order valence-corrected chi connectivity index (χ3v) is 1.48. The van der Waals surface area contributed by atoms with Crippen molar-refractivity contribution < 1.29 is 19.0 Å². The van der Waals surface area contributed by atoms with Crippen LogP contribution in [0.25, 0.3) is 0 Å². The lowest BCUT2D eigenvalue weighted by atomic mass is 10.4. The molecule has 0 saturated carbocycles. The van der Waals surface area contributed by atoms with Crippen LogP contribution in [0.1, 0.15) is 6.92 Å². The summed E-state index contributed by atoms with van der Waals surface area (Å²) in [6, 6.07) is 1.01. The second-order valence-electron chi connectivity index (χ2n) is 2.65. The van der Waals surface area contributed by atoms with Crippen LogP contribution in [0.5, 0.6) is 5.88 Å². The van der Waals surface area contributed by atoms with Gasteiger partial charge in [-0.2, -0.15) is 0 Å². The van der Waals surface area contributed by atoms with Crippen LogP contribution in [0.2, 0.25) is 0 Å². The van der Waals surface area contributed by atoms with E-state index in [1.54, 1.807) is 0 Å². The van der Waals surface area contributed by atoms with E-state index in [-0.39, 0.29) is 11.6 Å². The molecule has 1 aromatic heterocycles. The summed E-state index contributed by atoms with van der Waals surface area (Å²) in [5, 5.41) is 8.52. The second kappa shape index (κ2) is 3.91. The zero-order valence-corrected chi connectivity index (χ0v) is 7.40. The third-order valence-electron chi connectivity index (χ3n) is 1.48. The lowest BCUT2D eigenvalue weighted by Crippen LogP contribution is -2.23. The van der Waals surface area contributed by atoms with Crippen molar-refractivity contribution in [2.45, 2.75) is 13.0 Å². The van der Waals surface area contributed by atoms with Gasteiger partial charge in [0.2, 0.25) is 5.88 Å². The average Bonchev–Trinajstić information content (AvgIpc) is 2.09. The highest BCUT2D eigenvalue weighted by atomic mass is 19.1. The molecule has 5 nitrogen and oxygen atoms in total. The molecule has 0 fully saturated rings. The molecule has 3 N–H and O–H groups in total. The van der Waals surface area contributed by atoms with Crippen molar-refractivity contribution in [1.29, 1.82) is 0 Å². The lowest BCUT2D eigenvalue weighted by Gasteiger charge is -2.10. The zero-order valence-electron chi connectivity index (χ0n) is 7.40. The number of halogens is 1. The van der Waals surface area contributed by atoms with Crippen molar-refractivity contribution >= 4 is 11.7 Å². The number of hydrogen-bond donors (Lipinski definition) is 2. The lowest BCUT2D eigenvalue weighted by molar-refractivity contribution is -0.144. The number of rotatable bonds is 3. The second-order valence-corrected chi connectivity index (χ2v) is 2.65. The van der Waals surface area contributed by atoms with E-state index in [0.29, 0.717) is 0 Å². The minimum atomic E-state index is -1.14. The number of pyridine rings is 1. The molecule has 0 spiro atoms. The standard InChI is InChI=1S/C8H9FN2O3/c1-4(8(12)13)14-7-6(10)2-5(9)3-11-7/h2-4H,10H2,1H3,(H,12,13)/t4-/m0/s1.